The molecule has 1 aliphatic carbocycles. The van der Waals surface area contributed by atoms with Crippen LogP contribution < -0.4 is 20.7 Å². The van der Waals surface area contributed by atoms with Crippen LogP contribution in [0.15, 0.2) is 38.9 Å². The first kappa shape index (κ1) is 26.0. The predicted octanol–water partition coefficient (Wildman–Crippen LogP) is 3.28. The van der Waals surface area contributed by atoms with Crippen molar-refractivity contribution >= 4 is 33.2 Å². The van der Waals surface area contributed by atoms with Crippen LogP contribution >= 0.6 is 23.2 Å². The second-order valence-electron chi connectivity index (χ2n) is 7.79. The van der Waals surface area contributed by atoms with Crippen LogP contribution in [0, 0.1) is 0 Å². The first-order chi connectivity index (χ1) is 17.0. The highest BCUT2D eigenvalue weighted by Gasteiger charge is 2.27. The van der Waals surface area contributed by atoms with Gasteiger partial charge >= 0.3 is 5.69 Å². The number of nitrogens with one attached hydrogen (secondary N) is 2. The second kappa shape index (κ2) is 10.1. The van der Waals surface area contributed by atoms with Crippen molar-refractivity contribution in [3.63, 3.8) is 0 Å². The average molecular weight is 564 g/mol. The molecule has 0 bridgehead atoms. The number of rotatable bonds is 7. The summed E-state index contributed by atoms with van der Waals surface area (Å²) in [6.45, 7) is 0. The maximum atomic E-state index is 13.0. The van der Waals surface area contributed by atoms with Gasteiger partial charge in [0.25, 0.3) is 12.0 Å². The minimum absolute atomic E-state index is 0.164. The lowest BCUT2D eigenvalue weighted by atomic mass is 10.3. The molecular weight excluding hydrogens is 547 g/mol. The van der Waals surface area contributed by atoms with Crippen LogP contribution in [0.5, 0.6) is 17.4 Å². The SMILES string of the molecule is O=c1[nH]c(=O)n(-c2cc(Cl)c(Oc3cc(S(=O)(=O)NC4CCCC4)c(O)cn3)c(Cl)c2)nc1C(F)F. The quantitative estimate of drug-likeness (QED) is 0.395. The van der Waals surface area contributed by atoms with Crippen LogP contribution in [0.2, 0.25) is 10.0 Å². The molecule has 1 aliphatic rings. The Morgan fingerprint density at radius 3 is 2.42 bits per heavy atom. The third-order valence-electron chi connectivity index (χ3n) is 5.28. The van der Waals surface area contributed by atoms with Crippen LogP contribution in [0.25, 0.3) is 5.69 Å². The monoisotopic (exact) mass is 563 g/mol. The minimum atomic E-state index is -4.09. The van der Waals surface area contributed by atoms with E-state index < -0.39 is 44.0 Å². The number of aromatic nitrogens is 4. The van der Waals surface area contributed by atoms with Gasteiger partial charge in [0, 0.05) is 12.1 Å². The van der Waals surface area contributed by atoms with E-state index >= 15 is 0 Å². The number of nitrogens with zero attached hydrogens (tertiary/aromatic N) is 3. The zero-order valence-electron chi connectivity index (χ0n) is 18.0. The third-order valence-corrected chi connectivity index (χ3v) is 7.39. The van der Waals surface area contributed by atoms with E-state index in [0.29, 0.717) is 17.5 Å². The summed E-state index contributed by atoms with van der Waals surface area (Å²) in [6, 6.07) is 2.93. The number of pyridine rings is 1. The molecule has 1 saturated carbocycles. The van der Waals surface area contributed by atoms with E-state index in [1.54, 1.807) is 4.98 Å². The number of alkyl halides is 2. The van der Waals surface area contributed by atoms with Gasteiger partial charge in [0.2, 0.25) is 15.9 Å². The van der Waals surface area contributed by atoms with Crippen molar-refractivity contribution in [2.24, 2.45) is 0 Å². The largest absolute Gasteiger partial charge is 0.505 e. The normalized spacial score (nSPS) is 14.5. The highest BCUT2D eigenvalue weighted by atomic mass is 35.5. The van der Waals surface area contributed by atoms with Gasteiger partial charge in [-0.2, -0.15) is 9.78 Å². The van der Waals surface area contributed by atoms with E-state index in [1.807, 2.05) is 0 Å². The lowest BCUT2D eigenvalue weighted by Crippen LogP contribution is -2.34. The van der Waals surface area contributed by atoms with Gasteiger partial charge in [-0.1, -0.05) is 36.0 Å². The zero-order valence-corrected chi connectivity index (χ0v) is 20.4. The number of halogens is 4. The predicted molar refractivity (Wildman–Crippen MR) is 124 cm³/mol. The van der Waals surface area contributed by atoms with Crippen LogP contribution in [0.1, 0.15) is 37.8 Å². The number of H-pyrrole nitrogens is 1. The lowest BCUT2D eigenvalue weighted by Gasteiger charge is -2.15. The summed E-state index contributed by atoms with van der Waals surface area (Å²) in [4.78, 5) is 28.7. The molecule has 0 spiro atoms. The number of ether oxygens (including phenoxy) is 1. The number of aromatic amines is 1. The Morgan fingerprint density at radius 1 is 1.17 bits per heavy atom. The molecule has 0 saturated heterocycles. The van der Waals surface area contributed by atoms with Gasteiger partial charge in [-0.05, 0) is 25.0 Å². The first-order valence-corrected chi connectivity index (χ1v) is 12.6. The molecule has 2 aromatic heterocycles. The summed E-state index contributed by atoms with van der Waals surface area (Å²) in [5.74, 6) is -1.09. The summed E-state index contributed by atoms with van der Waals surface area (Å²) < 4.78 is 60.1. The van der Waals surface area contributed by atoms with Gasteiger partial charge < -0.3 is 9.84 Å². The van der Waals surface area contributed by atoms with Crippen molar-refractivity contribution in [3.8, 4) is 23.1 Å². The average Bonchev–Trinajstić information content (AvgIpc) is 3.29. The maximum absolute atomic E-state index is 13.0. The zero-order chi connectivity index (χ0) is 26.2. The molecule has 0 amide bonds. The molecule has 11 nitrogen and oxygen atoms in total. The topological polar surface area (TPSA) is 156 Å². The Kier molecular flexibility index (Phi) is 7.31. The molecule has 0 aliphatic heterocycles. The fraction of sp³-hybridized carbons (Fsp3) is 0.300. The summed E-state index contributed by atoms with van der Waals surface area (Å²) in [5, 5.41) is 13.0. The highest BCUT2D eigenvalue weighted by molar-refractivity contribution is 7.89. The molecule has 0 radical (unpaired) electrons. The molecule has 36 heavy (non-hydrogen) atoms. The van der Waals surface area contributed by atoms with Gasteiger partial charge in [0.1, 0.15) is 4.90 Å². The van der Waals surface area contributed by atoms with Crippen LogP contribution in [-0.4, -0.2) is 39.3 Å². The Hall–Kier alpha value is -3.07. The molecule has 16 heteroatoms. The number of sulfonamides is 1. The molecule has 1 fully saturated rings. The number of hydrogen-bond acceptors (Lipinski definition) is 8. The molecule has 1 aromatic carbocycles. The van der Waals surface area contributed by atoms with Gasteiger partial charge in [0.05, 0.1) is 21.9 Å². The number of aromatic hydroxyl groups is 1. The number of hydrogen-bond donors (Lipinski definition) is 3. The van der Waals surface area contributed by atoms with Gasteiger partial charge in [-0.15, -0.1) is 0 Å². The van der Waals surface area contributed by atoms with E-state index in [1.165, 1.54) is 0 Å². The van der Waals surface area contributed by atoms with Crippen molar-refractivity contribution in [2.45, 2.75) is 43.0 Å². The van der Waals surface area contributed by atoms with Gasteiger partial charge in [-0.25, -0.2) is 31.7 Å². The Labute approximate surface area is 211 Å². The molecule has 4 rings (SSSR count). The summed E-state index contributed by atoms with van der Waals surface area (Å²) in [6.07, 6.45) is 0.770. The molecule has 2 heterocycles. The summed E-state index contributed by atoms with van der Waals surface area (Å²) in [7, 11) is -4.09. The maximum Gasteiger partial charge on any atom is 0.349 e. The summed E-state index contributed by atoms with van der Waals surface area (Å²) >= 11 is 12.4. The van der Waals surface area contributed by atoms with E-state index in [0.717, 1.165) is 37.2 Å². The van der Waals surface area contributed by atoms with E-state index in [2.05, 4.69) is 14.8 Å². The summed E-state index contributed by atoms with van der Waals surface area (Å²) in [5.41, 5.74) is -3.80. The lowest BCUT2D eigenvalue weighted by molar-refractivity contribution is 0.141. The Bertz CT molecular complexity index is 1520. The first-order valence-electron chi connectivity index (χ1n) is 10.4. The Balaban J connectivity index is 1.67. The molecule has 192 valence electrons. The smallest absolute Gasteiger partial charge is 0.349 e. The molecule has 3 N–H and O–H groups in total. The van der Waals surface area contributed by atoms with Crippen molar-refractivity contribution in [3.05, 3.63) is 61.0 Å². The van der Waals surface area contributed by atoms with E-state index in [9.17, 15) is 31.9 Å². The standard InChI is InChI=1S/C20H17Cl2F2N5O6S/c21-11-5-10(29-20(32)26-19(31)16(27-29)18(23)24)6-12(22)17(11)35-15-7-14(13(30)8-25-15)36(33,34)28-9-3-1-2-4-9/h5-9,18,28,30H,1-4H2,(H,26,31,32). The highest BCUT2D eigenvalue weighted by Crippen LogP contribution is 2.38. The van der Waals surface area contributed by atoms with Crippen molar-refractivity contribution < 1.29 is 27.0 Å². The second-order valence-corrected chi connectivity index (χ2v) is 10.3. The van der Waals surface area contributed by atoms with E-state index in [4.69, 9.17) is 27.9 Å². The van der Waals surface area contributed by atoms with Crippen LogP contribution in [-0.2, 0) is 10.0 Å². The minimum Gasteiger partial charge on any atom is -0.505 e. The third kappa shape index (κ3) is 5.36. The van der Waals surface area contributed by atoms with Crippen LogP contribution in [0.4, 0.5) is 8.78 Å². The van der Waals surface area contributed by atoms with Gasteiger partial charge in [-0.3, -0.25) is 9.78 Å². The van der Waals surface area contributed by atoms with Crippen molar-refractivity contribution in [2.75, 3.05) is 0 Å². The molecule has 0 unspecified atom stereocenters. The molecule has 3 aromatic rings. The molecule has 0 atom stereocenters. The molecular formula is C20H17Cl2F2N5O6S. The fourth-order valence-corrected chi connectivity index (χ4v) is 5.55. The van der Waals surface area contributed by atoms with Crippen molar-refractivity contribution in [1.29, 1.82) is 0 Å². The van der Waals surface area contributed by atoms with Crippen LogP contribution in [0.3, 0.4) is 0 Å². The Morgan fingerprint density at radius 2 is 1.81 bits per heavy atom. The van der Waals surface area contributed by atoms with Gasteiger partial charge in [0.15, 0.2) is 17.2 Å². The number of benzene rings is 1. The van der Waals surface area contributed by atoms with Crippen molar-refractivity contribution in [1.82, 2.24) is 24.5 Å². The fourth-order valence-electron chi connectivity index (χ4n) is 3.61. The van der Waals surface area contributed by atoms with E-state index in [-0.39, 0.29) is 33.4 Å².